The van der Waals surface area contributed by atoms with Gasteiger partial charge in [-0.1, -0.05) is 6.42 Å². The van der Waals surface area contributed by atoms with Crippen LogP contribution in [0.15, 0.2) is 17.2 Å². The zero-order valence-electron chi connectivity index (χ0n) is 9.07. The average Bonchev–Trinajstić information content (AvgIpc) is 2.16. The first kappa shape index (κ1) is 10.2. The van der Waals surface area contributed by atoms with Crippen LogP contribution in [0.5, 0.6) is 0 Å². The Kier molecular flexibility index (Phi) is 3.04. The van der Waals surface area contributed by atoms with Crippen LogP contribution >= 0.6 is 0 Å². The third-order valence-corrected chi connectivity index (χ3v) is 3.07. The van der Waals surface area contributed by atoms with E-state index in [9.17, 15) is 4.79 Å². The van der Waals surface area contributed by atoms with Crippen LogP contribution in [0.25, 0.3) is 0 Å². The predicted octanol–water partition coefficient (Wildman–Crippen LogP) is 1.40. The molecule has 4 nitrogen and oxygen atoms in total. The molecule has 82 valence electrons. The van der Waals surface area contributed by atoms with Crippen LogP contribution in [-0.4, -0.2) is 23.1 Å². The van der Waals surface area contributed by atoms with Gasteiger partial charge in [-0.3, -0.25) is 4.79 Å². The summed E-state index contributed by atoms with van der Waals surface area (Å²) in [5.74, 6) is 1.60. The number of H-pyrrole nitrogens is 1. The summed E-state index contributed by atoms with van der Waals surface area (Å²) in [4.78, 5) is 20.1. The fourth-order valence-electron chi connectivity index (χ4n) is 1.90. The van der Waals surface area contributed by atoms with Crippen molar-refractivity contribution < 1.29 is 0 Å². The number of nitrogens with zero attached hydrogens (tertiary/aromatic N) is 2. The molecule has 0 spiro atoms. The maximum atomic E-state index is 11.2. The molecule has 1 fully saturated rings. The van der Waals surface area contributed by atoms with E-state index in [2.05, 4.69) is 21.8 Å². The van der Waals surface area contributed by atoms with Crippen molar-refractivity contribution in [3.8, 4) is 0 Å². The molecule has 0 radical (unpaired) electrons. The molecule has 0 saturated heterocycles. The van der Waals surface area contributed by atoms with Gasteiger partial charge in [0.15, 0.2) is 0 Å². The Balaban J connectivity index is 2.07. The quantitative estimate of drug-likeness (QED) is 0.811. The third-order valence-electron chi connectivity index (χ3n) is 3.07. The van der Waals surface area contributed by atoms with Crippen LogP contribution in [0.1, 0.15) is 26.2 Å². The lowest BCUT2D eigenvalue weighted by Crippen LogP contribution is -2.33. The van der Waals surface area contributed by atoms with Crippen LogP contribution in [0.2, 0.25) is 0 Å². The summed E-state index contributed by atoms with van der Waals surface area (Å²) >= 11 is 0. The molecule has 1 saturated carbocycles. The second kappa shape index (κ2) is 4.47. The van der Waals surface area contributed by atoms with Gasteiger partial charge in [0.2, 0.25) is 0 Å². The fourth-order valence-corrected chi connectivity index (χ4v) is 1.90. The minimum atomic E-state index is -0.0768. The van der Waals surface area contributed by atoms with Crippen LogP contribution < -0.4 is 10.5 Å². The summed E-state index contributed by atoms with van der Waals surface area (Å²) in [6, 6.07) is 1.57. The Morgan fingerprint density at radius 1 is 1.60 bits per heavy atom. The highest BCUT2D eigenvalue weighted by Gasteiger charge is 2.20. The van der Waals surface area contributed by atoms with Gasteiger partial charge in [-0.25, -0.2) is 4.98 Å². The molecule has 1 heterocycles. The Morgan fingerprint density at radius 3 is 2.93 bits per heavy atom. The summed E-state index contributed by atoms with van der Waals surface area (Å²) in [5, 5.41) is 0. The smallest absolute Gasteiger partial charge is 0.252 e. The topological polar surface area (TPSA) is 49.0 Å². The van der Waals surface area contributed by atoms with Gasteiger partial charge in [0, 0.05) is 19.2 Å². The van der Waals surface area contributed by atoms with Gasteiger partial charge < -0.3 is 9.88 Å². The zero-order valence-corrected chi connectivity index (χ0v) is 9.07. The summed E-state index contributed by atoms with van der Waals surface area (Å²) in [6.45, 7) is 4.04. The largest absolute Gasteiger partial charge is 0.356 e. The lowest BCUT2D eigenvalue weighted by atomic mass is 9.85. The first-order valence-electron chi connectivity index (χ1n) is 5.59. The molecule has 4 heteroatoms. The summed E-state index contributed by atoms with van der Waals surface area (Å²) < 4.78 is 0. The van der Waals surface area contributed by atoms with Crippen molar-refractivity contribution in [1.82, 2.24) is 9.97 Å². The normalized spacial score (nSPS) is 16.1. The minimum Gasteiger partial charge on any atom is -0.356 e. The molecular weight excluding hydrogens is 190 g/mol. The highest BCUT2D eigenvalue weighted by atomic mass is 16.1. The van der Waals surface area contributed by atoms with Crippen molar-refractivity contribution in [2.45, 2.75) is 26.2 Å². The molecule has 0 amide bonds. The molecule has 1 N–H and O–H groups in total. The molecule has 2 rings (SSSR count). The van der Waals surface area contributed by atoms with E-state index in [0.717, 1.165) is 24.8 Å². The molecule has 1 aliphatic rings. The molecule has 0 bridgehead atoms. The summed E-state index contributed by atoms with van der Waals surface area (Å²) in [5.41, 5.74) is -0.0768. The highest BCUT2D eigenvalue weighted by molar-refractivity contribution is 5.36. The van der Waals surface area contributed by atoms with E-state index in [1.807, 2.05) is 0 Å². The highest BCUT2D eigenvalue weighted by Crippen LogP contribution is 2.27. The van der Waals surface area contributed by atoms with E-state index >= 15 is 0 Å². The lowest BCUT2D eigenvalue weighted by Gasteiger charge is -2.32. The molecule has 0 aromatic carbocycles. The van der Waals surface area contributed by atoms with Crippen molar-refractivity contribution >= 4 is 5.82 Å². The van der Waals surface area contributed by atoms with Gasteiger partial charge in [0.1, 0.15) is 5.82 Å². The van der Waals surface area contributed by atoms with E-state index in [-0.39, 0.29) is 5.56 Å². The van der Waals surface area contributed by atoms with Gasteiger partial charge in [-0.05, 0) is 25.7 Å². The maximum Gasteiger partial charge on any atom is 0.252 e. The number of anilines is 1. The standard InChI is InChI=1S/C11H17N3O/c1-2-14(7-9-4-3-5-9)10-6-11(15)13-8-12-10/h6,8-9H,2-5,7H2,1H3,(H,12,13,15). The Bertz CT molecular complexity index is 370. The van der Waals surface area contributed by atoms with E-state index < -0.39 is 0 Å². The molecule has 0 atom stereocenters. The molecule has 15 heavy (non-hydrogen) atoms. The van der Waals surface area contributed by atoms with Gasteiger partial charge in [-0.2, -0.15) is 0 Å². The number of aromatic amines is 1. The number of nitrogens with one attached hydrogen (secondary N) is 1. The monoisotopic (exact) mass is 207 g/mol. The SMILES string of the molecule is CCN(CC1CCC1)c1cc(=O)[nH]cn1. The second-order valence-corrected chi connectivity index (χ2v) is 4.10. The van der Waals surface area contributed by atoms with Crippen LogP contribution in [0, 0.1) is 5.92 Å². The summed E-state index contributed by atoms with van der Waals surface area (Å²) in [7, 11) is 0. The van der Waals surface area contributed by atoms with E-state index in [0.29, 0.717) is 0 Å². The van der Waals surface area contributed by atoms with Crippen LogP contribution in [0.3, 0.4) is 0 Å². The molecule has 1 aromatic heterocycles. The second-order valence-electron chi connectivity index (χ2n) is 4.10. The molecule has 0 aliphatic heterocycles. The van der Waals surface area contributed by atoms with Crippen molar-refractivity contribution in [3.63, 3.8) is 0 Å². The first-order chi connectivity index (χ1) is 7.29. The number of aromatic nitrogens is 2. The van der Waals surface area contributed by atoms with Gasteiger partial charge >= 0.3 is 0 Å². The number of rotatable bonds is 4. The third kappa shape index (κ3) is 2.37. The maximum absolute atomic E-state index is 11.2. The average molecular weight is 207 g/mol. The van der Waals surface area contributed by atoms with Crippen molar-refractivity contribution in [3.05, 3.63) is 22.7 Å². The Hall–Kier alpha value is -1.32. The van der Waals surface area contributed by atoms with Gasteiger partial charge in [-0.15, -0.1) is 0 Å². The predicted molar refractivity (Wildman–Crippen MR) is 60.1 cm³/mol. The minimum absolute atomic E-state index is 0.0768. The molecule has 1 aromatic rings. The van der Waals surface area contributed by atoms with E-state index in [1.165, 1.54) is 25.6 Å². The molecule has 0 unspecified atom stereocenters. The van der Waals surface area contributed by atoms with E-state index in [1.54, 1.807) is 6.07 Å². The van der Waals surface area contributed by atoms with Crippen molar-refractivity contribution in [1.29, 1.82) is 0 Å². The first-order valence-corrected chi connectivity index (χ1v) is 5.59. The fraction of sp³-hybridized carbons (Fsp3) is 0.636. The van der Waals surface area contributed by atoms with Crippen molar-refractivity contribution in [2.75, 3.05) is 18.0 Å². The van der Waals surface area contributed by atoms with Gasteiger partial charge in [0.05, 0.1) is 6.33 Å². The van der Waals surface area contributed by atoms with Crippen LogP contribution in [-0.2, 0) is 0 Å². The van der Waals surface area contributed by atoms with Crippen molar-refractivity contribution in [2.24, 2.45) is 5.92 Å². The Labute approximate surface area is 89.3 Å². The molecular formula is C11H17N3O. The molecule has 1 aliphatic carbocycles. The number of hydrogen-bond acceptors (Lipinski definition) is 3. The van der Waals surface area contributed by atoms with Gasteiger partial charge in [0.25, 0.3) is 5.56 Å². The lowest BCUT2D eigenvalue weighted by molar-refractivity contribution is 0.318. The Morgan fingerprint density at radius 2 is 2.40 bits per heavy atom. The van der Waals surface area contributed by atoms with Crippen LogP contribution in [0.4, 0.5) is 5.82 Å². The summed E-state index contributed by atoms with van der Waals surface area (Å²) in [6.07, 6.45) is 5.46. The van der Waals surface area contributed by atoms with E-state index in [4.69, 9.17) is 0 Å². The number of hydrogen-bond donors (Lipinski definition) is 1. The zero-order chi connectivity index (χ0) is 10.7.